The number of alkyl carbamates (subject to hydrolysis) is 1. The van der Waals surface area contributed by atoms with Gasteiger partial charge in [-0.15, -0.1) is 0 Å². The number of carbonyl (C=O) groups excluding carboxylic acids is 1. The molecule has 20 heavy (non-hydrogen) atoms. The number of ether oxygens (including phenoxy) is 1. The van der Waals surface area contributed by atoms with Gasteiger partial charge in [-0.3, -0.25) is 10.1 Å². The number of nitro benzene ring substituents is 1. The van der Waals surface area contributed by atoms with Crippen molar-refractivity contribution in [2.75, 3.05) is 6.61 Å². The third kappa shape index (κ3) is 2.55. The van der Waals surface area contributed by atoms with Gasteiger partial charge in [0, 0.05) is 23.1 Å². The molecule has 2 N–H and O–H groups in total. The van der Waals surface area contributed by atoms with Gasteiger partial charge < -0.3 is 15.2 Å². The van der Waals surface area contributed by atoms with Crippen molar-refractivity contribution in [3.05, 3.63) is 32.3 Å². The second-order valence-electron chi connectivity index (χ2n) is 5.26. The van der Waals surface area contributed by atoms with E-state index in [2.05, 4.69) is 21.2 Å². The van der Waals surface area contributed by atoms with Crippen LogP contribution in [0.2, 0.25) is 0 Å². The summed E-state index contributed by atoms with van der Waals surface area (Å²) in [7, 11) is 0. The maximum absolute atomic E-state index is 11.4. The van der Waals surface area contributed by atoms with Crippen LogP contribution in [0.1, 0.15) is 25.5 Å². The first-order valence-electron chi connectivity index (χ1n) is 5.82. The lowest BCUT2D eigenvalue weighted by Crippen LogP contribution is -2.46. The Morgan fingerprint density at radius 2 is 2.20 bits per heavy atom. The van der Waals surface area contributed by atoms with E-state index in [1.54, 1.807) is 0 Å². The summed E-state index contributed by atoms with van der Waals surface area (Å²) in [4.78, 5) is 21.8. The number of phenols is 1. The maximum atomic E-state index is 11.4. The first-order chi connectivity index (χ1) is 9.22. The Bertz CT molecular complexity index is 587. The van der Waals surface area contributed by atoms with Gasteiger partial charge in [0.15, 0.2) is 0 Å². The van der Waals surface area contributed by atoms with Crippen molar-refractivity contribution in [1.29, 1.82) is 0 Å². The van der Waals surface area contributed by atoms with Gasteiger partial charge in [0.05, 0.1) is 15.4 Å². The quantitative estimate of drug-likeness (QED) is 0.634. The van der Waals surface area contributed by atoms with Crippen LogP contribution in [0.5, 0.6) is 5.75 Å². The minimum Gasteiger partial charge on any atom is -0.506 e. The number of halogens is 1. The fraction of sp³-hybridized carbons (Fsp3) is 0.417. The fourth-order valence-electron chi connectivity index (χ4n) is 2.12. The molecule has 0 bridgehead atoms. The summed E-state index contributed by atoms with van der Waals surface area (Å²) in [6, 6.07) is 1.89. The predicted molar refractivity (Wildman–Crippen MR) is 73.5 cm³/mol. The fourth-order valence-corrected chi connectivity index (χ4v) is 2.58. The van der Waals surface area contributed by atoms with Crippen LogP contribution >= 0.6 is 15.9 Å². The van der Waals surface area contributed by atoms with Crippen LogP contribution in [0.3, 0.4) is 0 Å². The summed E-state index contributed by atoms with van der Waals surface area (Å²) in [6.07, 6.45) is -0.614. The number of amides is 1. The normalized spacial score (nSPS) is 20.9. The molecular weight excluding hydrogens is 332 g/mol. The van der Waals surface area contributed by atoms with Crippen LogP contribution in [0.15, 0.2) is 16.6 Å². The average Bonchev–Trinajstić information content (AvgIpc) is 2.35. The third-order valence-electron chi connectivity index (χ3n) is 3.22. The molecule has 0 radical (unpaired) electrons. The van der Waals surface area contributed by atoms with E-state index in [1.165, 1.54) is 12.1 Å². The van der Waals surface area contributed by atoms with Gasteiger partial charge in [0.25, 0.3) is 5.69 Å². The number of non-ortho nitro benzene ring substituents is 1. The van der Waals surface area contributed by atoms with Crippen LogP contribution in [0.25, 0.3) is 0 Å². The Morgan fingerprint density at radius 3 is 2.80 bits per heavy atom. The molecule has 0 saturated carbocycles. The molecule has 1 saturated heterocycles. The van der Waals surface area contributed by atoms with Gasteiger partial charge in [-0.25, -0.2) is 4.79 Å². The Hall–Kier alpha value is -1.83. The van der Waals surface area contributed by atoms with Crippen molar-refractivity contribution >= 4 is 27.7 Å². The summed E-state index contributed by atoms with van der Waals surface area (Å²) >= 11 is 3.09. The van der Waals surface area contributed by atoms with E-state index in [1.807, 2.05) is 13.8 Å². The lowest BCUT2D eigenvalue weighted by molar-refractivity contribution is -0.385. The number of rotatable bonds is 2. The molecule has 0 aromatic heterocycles. The van der Waals surface area contributed by atoms with Crippen LogP contribution < -0.4 is 5.32 Å². The molecule has 7 nitrogen and oxygen atoms in total. The molecule has 0 unspecified atom stereocenters. The van der Waals surface area contributed by atoms with Gasteiger partial charge in [-0.2, -0.15) is 0 Å². The third-order valence-corrected chi connectivity index (χ3v) is 3.82. The molecule has 1 aromatic carbocycles. The van der Waals surface area contributed by atoms with E-state index >= 15 is 0 Å². The Morgan fingerprint density at radius 1 is 1.55 bits per heavy atom. The topological polar surface area (TPSA) is 102 Å². The number of benzene rings is 1. The number of aromatic hydroxyl groups is 1. The van der Waals surface area contributed by atoms with Gasteiger partial charge in [-0.05, 0) is 15.9 Å². The van der Waals surface area contributed by atoms with E-state index in [0.717, 1.165) is 0 Å². The van der Waals surface area contributed by atoms with E-state index in [9.17, 15) is 20.0 Å². The van der Waals surface area contributed by atoms with Crippen molar-refractivity contribution in [3.63, 3.8) is 0 Å². The highest BCUT2D eigenvalue weighted by atomic mass is 79.9. The van der Waals surface area contributed by atoms with Gasteiger partial charge >= 0.3 is 6.09 Å². The van der Waals surface area contributed by atoms with Crippen molar-refractivity contribution in [3.8, 4) is 5.75 Å². The molecule has 1 aliphatic rings. The molecule has 1 aliphatic heterocycles. The molecule has 1 atom stereocenters. The number of carbonyl (C=O) groups is 1. The molecule has 2 rings (SSSR count). The highest BCUT2D eigenvalue weighted by molar-refractivity contribution is 9.10. The highest BCUT2D eigenvalue weighted by Gasteiger charge is 2.40. The van der Waals surface area contributed by atoms with E-state index < -0.39 is 22.5 Å². The number of nitro groups is 1. The lowest BCUT2D eigenvalue weighted by atomic mass is 9.80. The van der Waals surface area contributed by atoms with Crippen molar-refractivity contribution in [1.82, 2.24) is 5.32 Å². The van der Waals surface area contributed by atoms with Crippen LogP contribution in [-0.4, -0.2) is 22.7 Å². The lowest BCUT2D eigenvalue weighted by Gasteiger charge is -2.38. The van der Waals surface area contributed by atoms with Crippen molar-refractivity contribution in [2.45, 2.75) is 19.9 Å². The smallest absolute Gasteiger partial charge is 0.407 e. The maximum Gasteiger partial charge on any atom is 0.407 e. The van der Waals surface area contributed by atoms with Gasteiger partial charge in [0.2, 0.25) is 0 Å². The highest BCUT2D eigenvalue weighted by Crippen LogP contribution is 2.43. The van der Waals surface area contributed by atoms with Crippen molar-refractivity contribution in [2.24, 2.45) is 5.41 Å². The number of nitrogens with zero attached hydrogens (tertiary/aromatic N) is 1. The molecule has 1 amide bonds. The molecule has 8 heteroatoms. The largest absolute Gasteiger partial charge is 0.506 e. The zero-order valence-corrected chi connectivity index (χ0v) is 12.4. The number of nitrogens with one attached hydrogen (secondary N) is 1. The minimum absolute atomic E-state index is 0.129. The molecule has 0 aliphatic carbocycles. The summed E-state index contributed by atoms with van der Waals surface area (Å²) < 4.78 is 5.12. The number of hydrogen-bond donors (Lipinski definition) is 2. The zero-order valence-electron chi connectivity index (χ0n) is 10.8. The molecule has 108 valence electrons. The van der Waals surface area contributed by atoms with Crippen LogP contribution in [0, 0.1) is 15.5 Å². The zero-order chi connectivity index (χ0) is 15.1. The first-order valence-corrected chi connectivity index (χ1v) is 6.62. The predicted octanol–water partition coefficient (Wildman–Crippen LogP) is 2.87. The van der Waals surface area contributed by atoms with Gasteiger partial charge in [0.1, 0.15) is 12.4 Å². The second kappa shape index (κ2) is 4.93. The van der Waals surface area contributed by atoms with E-state index in [4.69, 9.17) is 4.74 Å². The average molecular weight is 345 g/mol. The van der Waals surface area contributed by atoms with Crippen LogP contribution in [-0.2, 0) is 4.74 Å². The standard InChI is InChI=1S/C12H13BrN2O5/c1-12(2)5-20-11(17)14-10(12)7-3-6(15(18)19)4-8(13)9(7)16/h3-4,10,16H,5H2,1-2H3,(H,14,17)/t10-/m0/s1. The Labute approximate surface area is 123 Å². The minimum atomic E-state index is -0.614. The number of cyclic esters (lactones) is 1. The Balaban J connectivity index is 2.55. The Kier molecular flexibility index (Phi) is 3.59. The second-order valence-corrected chi connectivity index (χ2v) is 6.12. The molecule has 1 fully saturated rings. The number of phenolic OH excluding ortho intramolecular Hbond substituents is 1. The molecule has 1 heterocycles. The van der Waals surface area contributed by atoms with Crippen LogP contribution in [0.4, 0.5) is 10.5 Å². The summed E-state index contributed by atoms with van der Waals surface area (Å²) in [5, 5.41) is 23.6. The molecular formula is C12H13BrN2O5. The SMILES string of the molecule is CC1(C)COC(=O)N[C@H]1c1cc([N+](=O)[O-])cc(Br)c1O. The van der Waals surface area contributed by atoms with E-state index in [-0.39, 0.29) is 28.1 Å². The summed E-state index contributed by atoms with van der Waals surface area (Å²) in [5.74, 6) is -0.129. The monoisotopic (exact) mass is 344 g/mol. The number of hydrogen-bond acceptors (Lipinski definition) is 5. The summed E-state index contributed by atoms with van der Waals surface area (Å²) in [6.45, 7) is 3.83. The van der Waals surface area contributed by atoms with Crippen molar-refractivity contribution < 1.29 is 19.6 Å². The molecule has 0 spiro atoms. The first kappa shape index (κ1) is 14.6. The van der Waals surface area contributed by atoms with Gasteiger partial charge in [-0.1, -0.05) is 13.8 Å². The van der Waals surface area contributed by atoms with E-state index in [0.29, 0.717) is 0 Å². The summed E-state index contributed by atoms with van der Waals surface area (Å²) in [5.41, 5.74) is -0.394. The molecule has 1 aromatic rings.